The smallest absolute Gasteiger partial charge is 0.411 e. The minimum absolute atomic E-state index is 0.0602. The number of aldehydes is 1. The van der Waals surface area contributed by atoms with E-state index in [-0.39, 0.29) is 18.2 Å². The van der Waals surface area contributed by atoms with E-state index in [0.29, 0.717) is 5.92 Å². The number of carbonyl (C=O) groups is 2. The summed E-state index contributed by atoms with van der Waals surface area (Å²) in [6, 6.07) is -0.273. The summed E-state index contributed by atoms with van der Waals surface area (Å²) in [5, 5.41) is 0. The molecule has 4 nitrogen and oxygen atoms in total. The third kappa shape index (κ3) is 2.74. The molecular weight excluding hydrogens is 206 g/mol. The molecule has 0 aromatic rings. The molecule has 0 N–H and O–H groups in total. The Kier molecular flexibility index (Phi) is 3.61. The highest BCUT2D eigenvalue weighted by atomic mass is 16.6. The summed E-state index contributed by atoms with van der Waals surface area (Å²) in [6.07, 6.45) is 1.18. The van der Waals surface area contributed by atoms with Crippen molar-refractivity contribution in [2.75, 3.05) is 0 Å². The monoisotopic (exact) mass is 227 g/mol. The molecule has 0 saturated carbocycles. The molecule has 0 spiro atoms. The molecule has 16 heavy (non-hydrogen) atoms. The van der Waals surface area contributed by atoms with Crippen LogP contribution in [0.15, 0.2) is 0 Å². The lowest BCUT2D eigenvalue weighted by Crippen LogP contribution is -2.44. The lowest BCUT2D eigenvalue weighted by atomic mass is 10.0. The van der Waals surface area contributed by atoms with Gasteiger partial charge in [-0.25, -0.2) is 4.79 Å². The van der Waals surface area contributed by atoms with E-state index in [1.165, 1.54) is 0 Å². The Labute approximate surface area is 96.9 Å². The Morgan fingerprint density at radius 1 is 1.38 bits per heavy atom. The second-order valence-corrected chi connectivity index (χ2v) is 5.54. The van der Waals surface area contributed by atoms with Crippen molar-refractivity contribution in [3.8, 4) is 0 Å². The van der Waals surface area contributed by atoms with Crippen LogP contribution < -0.4 is 0 Å². The van der Waals surface area contributed by atoms with Crippen LogP contribution in [0.2, 0.25) is 0 Å². The Hall–Kier alpha value is -1.06. The molecule has 0 unspecified atom stereocenters. The molecule has 1 fully saturated rings. The van der Waals surface area contributed by atoms with Crippen LogP contribution in [-0.4, -0.2) is 35.0 Å². The summed E-state index contributed by atoms with van der Waals surface area (Å²) >= 11 is 0. The molecular formula is C12H21NO3. The third-order valence-corrected chi connectivity index (χ3v) is 2.99. The molecule has 0 aromatic carbocycles. The second kappa shape index (κ2) is 4.44. The van der Waals surface area contributed by atoms with Gasteiger partial charge in [-0.15, -0.1) is 0 Å². The number of likely N-dealkylation sites (tertiary alicyclic amines) is 1. The lowest BCUT2D eigenvalue weighted by Gasteiger charge is -2.29. The molecule has 1 amide bonds. The number of nitrogens with zero attached hydrogens (tertiary/aromatic N) is 1. The molecule has 1 saturated heterocycles. The van der Waals surface area contributed by atoms with Crippen molar-refractivity contribution in [3.63, 3.8) is 0 Å². The Morgan fingerprint density at radius 3 is 2.38 bits per heavy atom. The van der Waals surface area contributed by atoms with E-state index in [9.17, 15) is 9.59 Å². The molecule has 0 bridgehead atoms. The van der Waals surface area contributed by atoms with Crippen molar-refractivity contribution >= 4 is 12.4 Å². The maximum atomic E-state index is 11.9. The van der Waals surface area contributed by atoms with E-state index >= 15 is 0 Å². The van der Waals surface area contributed by atoms with Crippen LogP contribution in [0, 0.1) is 5.92 Å². The summed E-state index contributed by atoms with van der Waals surface area (Å²) in [7, 11) is 0. The zero-order chi connectivity index (χ0) is 12.5. The summed E-state index contributed by atoms with van der Waals surface area (Å²) in [5.41, 5.74) is -0.518. The number of carbonyl (C=O) groups excluding carboxylic acids is 2. The fraction of sp³-hybridized carbons (Fsp3) is 0.833. The standard InChI is InChI=1S/C12H21NO3/c1-8-6-10(7-14)13(9(8)2)11(15)16-12(3,4)5/h7-10H,6H2,1-5H3/t8-,9-,10-/m1/s1. The van der Waals surface area contributed by atoms with Gasteiger partial charge in [-0.2, -0.15) is 0 Å². The fourth-order valence-corrected chi connectivity index (χ4v) is 2.01. The normalized spacial score (nSPS) is 30.3. The molecule has 1 rings (SSSR count). The van der Waals surface area contributed by atoms with Crippen molar-refractivity contribution < 1.29 is 14.3 Å². The highest BCUT2D eigenvalue weighted by molar-refractivity contribution is 5.75. The van der Waals surface area contributed by atoms with E-state index in [4.69, 9.17) is 4.74 Å². The van der Waals surface area contributed by atoms with Gasteiger partial charge in [0.25, 0.3) is 0 Å². The van der Waals surface area contributed by atoms with Crippen LogP contribution >= 0.6 is 0 Å². The first-order valence-corrected chi connectivity index (χ1v) is 5.73. The number of hydrogen-bond donors (Lipinski definition) is 0. The maximum Gasteiger partial charge on any atom is 0.411 e. The fourth-order valence-electron chi connectivity index (χ4n) is 2.01. The van der Waals surface area contributed by atoms with Gasteiger partial charge in [0.05, 0.1) is 6.04 Å². The molecule has 92 valence electrons. The summed E-state index contributed by atoms with van der Waals surface area (Å²) in [5.74, 6) is 0.336. The van der Waals surface area contributed by atoms with Gasteiger partial charge < -0.3 is 9.53 Å². The summed E-state index contributed by atoms with van der Waals surface area (Å²) in [6.45, 7) is 9.48. The largest absolute Gasteiger partial charge is 0.444 e. The first kappa shape index (κ1) is 13.0. The molecule has 0 aromatic heterocycles. The lowest BCUT2D eigenvalue weighted by molar-refractivity contribution is -0.112. The Morgan fingerprint density at radius 2 is 1.94 bits per heavy atom. The van der Waals surface area contributed by atoms with Crippen molar-refractivity contribution in [1.82, 2.24) is 4.90 Å². The maximum absolute atomic E-state index is 11.9. The molecule has 1 aliphatic rings. The number of hydrogen-bond acceptors (Lipinski definition) is 3. The molecule has 1 aliphatic heterocycles. The van der Waals surface area contributed by atoms with Gasteiger partial charge in [-0.3, -0.25) is 4.90 Å². The van der Waals surface area contributed by atoms with E-state index in [1.54, 1.807) is 4.90 Å². The average Bonchev–Trinajstić information content (AvgIpc) is 2.40. The topological polar surface area (TPSA) is 46.6 Å². The van der Waals surface area contributed by atoms with Crippen molar-refractivity contribution in [1.29, 1.82) is 0 Å². The van der Waals surface area contributed by atoms with Gasteiger partial charge in [0.15, 0.2) is 0 Å². The van der Waals surface area contributed by atoms with Gasteiger partial charge >= 0.3 is 6.09 Å². The third-order valence-electron chi connectivity index (χ3n) is 2.99. The molecule has 3 atom stereocenters. The Bertz CT molecular complexity index is 282. The van der Waals surface area contributed by atoms with Crippen LogP contribution in [0.3, 0.4) is 0 Å². The van der Waals surface area contributed by atoms with E-state index < -0.39 is 5.60 Å². The van der Waals surface area contributed by atoms with E-state index in [0.717, 1.165) is 12.7 Å². The number of ether oxygens (including phenoxy) is 1. The van der Waals surface area contributed by atoms with Crippen molar-refractivity contribution in [2.24, 2.45) is 5.92 Å². The van der Waals surface area contributed by atoms with Crippen LogP contribution in [0.1, 0.15) is 41.0 Å². The zero-order valence-corrected chi connectivity index (χ0v) is 10.7. The molecule has 4 heteroatoms. The van der Waals surface area contributed by atoms with Crippen LogP contribution in [0.25, 0.3) is 0 Å². The highest BCUT2D eigenvalue weighted by Gasteiger charge is 2.40. The minimum atomic E-state index is -0.518. The second-order valence-electron chi connectivity index (χ2n) is 5.54. The highest BCUT2D eigenvalue weighted by Crippen LogP contribution is 2.29. The van der Waals surface area contributed by atoms with Crippen LogP contribution in [0.4, 0.5) is 4.79 Å². The average molecular weight is 227 g/mol. The van der Waals surface area contributed by atoms with Crippen molar-refractivity contribution in [2.45, 2.75) is 58.7 Å². The Balaban J connectivity index is 2.77. The van der Waals surface area contributed by atoms with E-state index in [1.807, 2.05) is 34.6 Å². The van der Waals surface area contributed by atoms with Gasteiger partial charge in [0.1, 0.15) is 11.9 Å². The number of amides is 1. The first-order valence-electron chi connectivity index (χ1n) is 5.73. The molecule has 0 aliphatic carbocycles. The molecule has 1 heterocycles. The van der Waals surface area contributed by atoms with Gasteiger partial charge in [-0.05, 0) is 40.0 Å². The van der Waals surface area contributed by atoms with Crippen LogP contribution in [-0.2, 0) is 9.53 Å². The van der Waals surface area contributed by atoms with Gasteiger partial charge in [0, 0.05) is 6.04 Å². The van der Waals surface area contributed by atoms with Crippen LogP contribution in [0.5, 0.6) is 0 Å². The van der Waals surface area contributed by atoms with E-state index in [2.05, 4.69) is 0 Å². The first-order chi connectivity index (χ1) is 7.26. The zero-order valence-electron chi connectivity index (χ0n) is 10.7. The minimum Gasteiger partial charge on any atom is -0.444 e. The van der Waals surface area contributed by atoms with Crippen molar-refractivity contribution in [3.05, 3.63) is 0 Å². The summed E-state index contributed by atoms with van der Waals surface area (Å²) < 4.78 is 5.30. The van der Waals surface area contributed by atoms with Gasteiger partial charge in [-0.1, -0.05) is 6.92 Å². The van der Waals surface area contributed by atoms with Gasteiger partial charge in [0.2, 0.25) is 0 Å². The summed E-state index contributed by atoms with van der Waals surface area (Å²) in [4.78, 5) is 24.4. The molecule has 0 radical (unpaired) electrons. The predicted molar refractivity (Wildman–Crippen MR) is 61.2 cm³/mol. The quantitative estimate of drug-likeness (QED) is 0.645. The predicted octanol–water partition coefficient (Wildman–Crippen LogP) is 2.22. The SMILES string of the molecule is C[C@@H]1C[C@H](C=O)N(C(=O)OC(C)(C)C)[C@@H]1C. The number of rotatable bonds is 1.